The Morgan fingerprint density at radius 3 is 2.25 bits per heavy atom. The highest BCUT2D eigenvalue weighted by molar-refractivity contribution is 5.75. The van der Waals surface area contributed by atoms with Crippen LogP contribution in [0.2, 0.25) is 0 Å². The standard InChI is InChI=1S/C16H18/c1-4-7-14-10-12-16(13-11-14)15(8-5-2)9-6-3/h4-13H,2H2,1,3H3/b7-4+,9-6-,15-8+. The first-order chi connectivity index (χ1) is 7.81. The molecular formula is C16H18. The second-order valence-corrected chi connectivity index (χ2v) is 3.48. The van der Waals surface area contributed by atoms with Crippen LogP contribution in [0.3, 0.4) is 0 Å². The summed E-state index contributed by atoms with van der Waals surface area (Å²) in [7, 11) is 0. The van der Waals surface area contributed by atoms with Gasteiger partial charge in [0.05, 0.1) is 0 Å². The fourth-order valence-corrected chi connectivity index (χ4v) is 1.53. The van der Waals surface area contributed by atoms with Gasteiger partial charge in [-0.05, 0) is 30.5 Å². The van der Waals surface area contributed by atoms with E-state index in [4.69, 9.17) is 0 Å². The van der Waals surface area contributed by atoms with E-state index in [9.17, 15) is 0 Å². The maximum absolute atomic E-state index is 3.73. The van der Waals surface area contributed by atoms with Crippen LogP contribution < -0.4 is 0 Å². The zero-order valence-electron chi connectivity index (χ0n) is 9.98. The lowest BCUT2D eigenvalue weighted by molar-refractivity contribution is 1.57. The van der Waals surface area contributed by atoms with Crippen LogP contribution in [0.4, 0.5) is 0 Å². The van der Waals surface area contributed by atoms with Crippen molar-refractivity contribution >= 4 is 11.6 Å². The van der Waals surface area contributed by atoms with Crippen molar-refractivity contribution in [3.05, 3.63) is 72.4 Å². The summed E-state index contributed by atoms with van der Waals surface area (Å²) in [5.74, 6) is 0. The van der Waals surface area contributed by atoms with Crippen LogP contribution in [0.1, 0.15) is 25.0 Å². The van der Waals surface area contributed by atoms with Gasteiger partial charge in [-0.25, -0.2) is 0 Å². The number of hydrogen-bond donors (Lipinski definition) is 0. The van der Waals surface area contributed by atoms with Crippen LogP contribution in [0.25, 0.3) is 11.6 Å². The van der Waals surface area contributed by atoms with Gasteiger partial charge in [-0.1, -0.05) is 67.3 Å². The lowest BCUT2D eigenvalue weighted by Crippen LogP contribution is -1.81. The van der Waals surface area contributed by atoms with Crippen molar-refractivity contribution in [3.8, 4) is 0 Å². The molecule has 1 rings (SSSR count). The highest BCUT2D eigenvalue weighted by Gasteiger charge is 1.95. The molecule has 0 fully saturated rings. The van der Waals surface area contributed by atoms with E-state index in [-0.39, 0.29) is 0 Å². The maximum Gasteiger partial charge on any atom is -0.0184 e. The van der Waals surface area contributed by atoms with Gasteiger partial charge in [-0.15, -0.1) is 0 Å². The van der Waals surface area contributed by atoms with Crippen molar-refractivity contribution in [2.45, 2.75) is 13.8 Å². The van der Waals surface area contributed by atoms with Crippen molar-refractivity contribution in [1.29, 1.82) is 0 Å². The number of hydrogen-bond acceptors (Lipinski definition) is 0. The Balaban J connectivity index is 3.03. The molecule has 0 saturated heterocycles. The molecule has 0 aliphatic carbocycles. The average Bonchev–Trinajstić information content (AvgIpc) is 2.30. The summed E-state index contributed by atoms with van der Waals surface area (Å²) in [5.41, 5.74) is 3.63. The van der Waals surface area contributed by atoms with Crippen molar-refractivity contribution in [3.63, 3.8) is 0 Å². The molecule has 0 radical (unpaired) electrons. The molecule has 0 N–H and O–H groups in total. The van der Waals surface area contributed by atoms with Gasteiger partial charge < -0.3 is 0 Å². The number of benzene rings is 1. The van der Waals surface area contributed by atoms with Crippen LogP contribution in [0.15, 0.2) is 61.2 Å². The normalized spacial score (nSPS) is 12.5. The summed E-state index contributed by atoms with van der Waals surface area (Å²) in [6.45, 7) is 7.78. The lowest BCUT2D eigenvalue weighted by atomic mass is 10.0. The summed E-state index contributed by atoms with van der Waals surface area (Å²) in [6.07, 6.45) is 12.1. The molecule has 0 spiro atoms. The van der Waals surface area contributed by atoms with Crippen LogP contribution in [-0.2, 0) is 0 Å². The molecule has 0 aliphatic heterocycles. The quantitative estimate of drug-likeness (QED) is 0.622. The molecule has 0 atom stereocenters. The summed E-state index contributed by atoms with van der Waals surface area (Å²) >= 11 is 0. The minimum Gasteiger partial charge on any atom is -0.0990 e. The largest absolute Gasteiger partial charge is 0.0990 e. The zero-order chi connectivity index (χ0) is 11.8. The zero-order valence-corrected chi connectivity index (χ0v) is 9.98. The van der Waals surface area contributed by atoms with E-state index in [1.807, 2.05) is 38.2 Å². The van der Waals surface area contributed by atoms with Crippen molar-refractivity contribution < 1.29 is 0 Å². The van der Waals surface area contributed by atoms with E-state index >= 15 is 0 Å². The van der Waals surface area contributed by atoms with E-state index < -0.39 is 0 Å². The molecule has 0 heterocycles. The molecular weight excluding hydrogens is 192 g/mol. The van der Waals surface area contributed by atoms with Gasteiger partial charge >= 0.3 is 0 Å². The summed E-state index contributed by atoms with van der Waals surface area (Å²) in [5, 5.41) is 0. The van der Waals surface area contributed by atoms with E-state index in [1.54, 1.807) is 0 Å². The molecule has 0 saturated carbocycles. The maximum atomic E-state index is 3.73. The molecule has 82 valence electrons. The highest BCUT2D eigenvalue weighted by atomic mass is 14.0. The van der Waals surface area contributed by atoms with Gasteiger partial charge in [-0.3, -0.25) is 0 Å². The van der Waals surface area contributed by atoms with Crippen LogP contribution in [0.5, 0.6) is 0 Å². The second kappa shape index (κ2) is 6.62. The van der Waals surface area contributed by atoms with Gasteiger partial charge in [0.25, 0.3) is 0 Å². The van der Waals surface area contributed by atoms with Crippen LogP contribution in [0, 0.1) is 0 Å². The molecule has 0 bridgehead atoms. The Bertz CT molecular complexity index is 414. The van der Waals surface area contributed by atoms with Crippen molar-refractivity contribution in [2.24, 2.45) is 0 Å². The van der Waals surface area contributed by atoms with E-state index in [0.29, 0.717) is 0 Å². The number of rotatable bonds is 4. The fourth-order valence-electron chi connectivity index (χ4n) is 1.53. The minimum absolute atomic E-state index is 1.18. The van der Waals surface area contributed by atoms with Gasteiger partial charge in [0.1, 0.15) is 0 Å². The Hall–Kier alpha value is -1.82. The first kappa shape index (κ1) is 12.3. The lowest BCUT2D eigenvalue weighted by Gasteiger charge is -2.02. The molecule has 16 heavy (non-hydrogen) atoms. The van der Waals surface area contributed by atoms with Crippen LogP contribution in [-0.4, -0.2) is 0 Å². The summed E-state index contributed by atoms with van der Waals surface area (Å²) in [6, 6.07) is 8.50. The predicted molar refractivity (Wildman–Crippen MR) is 74.1 cm³/mol. The summed E-state index contributed by atoms with van der Waals surface area (Å²) < 4.78 is 0. The first-order valence-electron chi connectivity index (χ1n) is 5.50. The molecule has 1 aromatic rings. The van der Waals surface area contributed by atoms with Gasteiger partial charge in [0.2, 0.25) is 0 Å². The molecule has 0 amide bonds. The molecule has 0 aromatic heterocycles. The topological polar surface area (TPSA) is 0 Å². The van der Waals surface area contributed by atoms with E-state index in [1.165, 1.54) is 16.7 Å². The molecule has 0 nitrogen and oxygen atoms in total. The smallest absolute Gasteiger partial charge is 0.0184 e. The second-order valence-electron chi connectivity index (χ2n) is 3.48. The third-order valence-corrected chi connectivity index (χ3v) is 2.25. The van der Waals surface area contributed by atoms with E-state index in [0.717, 1.165) is 0 Å². The Morgan fingerprint density at radius 1 is 1.06 bits per heavy atom. The molecule has 0 heteroatoms. The SMILES string of the molecule is C=C/C=C(\C=C/C)c1ccc(/C=C/C)cc1. The Morgan fingerprint density at radius 2 is 1.75 bits per heavy atom. The minimum atomic E-state index is 1.18. The summed E-state index contributed by atoms with van der Waals surface area (Å²) in [4.78, 5) is 0. The monoisotopic (exact) mass is 210 g/mol. The molecule has 0 aliphatic rings. The number of allylic oxidation sites excluding steroid dienone is 6. The highest BCUT2D eigenvalue weighted by Crippen LogP contribution is 2.17. The predicted octanol–water partition coefficient (Wildman–Crippen LogP) is 4.87. The Kier molecular flexibility index (Phi) is 5.07. The van der Waals surface area contributed by atoms with Crippen LogP contribution >= 0.6 is 0 Å². The Labute approximate surface area is 98.3 Å². The van der Waals surface area contributed by atoms with E-state index in [2.05, 4.69) is 43.0 Å². The van der Waals surface area contributed by atoms with Crippen molar-refractivity contribution in [1.82, 2.24) is 0 Å². The van der Waals surface area contributed by atoms with Gasteiger partial charge in [-0.2, -0.15) is 0 Å². The molecule has 1 aromatic carbocycles. The fraction of sp³-hybridized carbons (Fsp3) is 0.125. The first-order valence-corrected chi connectivity index (χ1v) is 5.50. The third kappa shape index (κ3) is 3.39. The van der Waals surface area contributed by atoms with Gasteiger partial charge in [0.15, 0.2) is 0 Å². The van der Waals surface area contributed by atoms with Gasteiger partial charge in [0, 0.05) is 0 Å². The third-order valence-electron chi connectivity index (χ3n) is 2.25. The average molecular weight is 210 g/mol. The molecule has 0 unspecified atom stereocenters. The van der Waals surface area contributed by atoms with Crippen molar-refractivity contribution in [2.75, 3.05) is 0 Å².